The van der Waals surface area contributed by atoms with Gasteiger partial charge in [0.1, 0.15) is 5.58 Å². The van der Waals surface area contributed by atoms with Gasteiger partial charge >= 0.3 is 5.91 Å². The fourth-order valence-electron chi connectivity index (χ4n) is 2.49. The maximum atomic E-state index is 11.9. The highest BCUT2D eigenvalue weighted by molar-refractivity contribution is 7.99. The molecule has 0 bridgehead atoms. The van der Waals surface area contributed by atoms with Crippen molar-refractivity contribution < 1.29 is 9.21 Å². The van der Waals surface area contributed by atoms with Gasteiger partial charge in [0.05, 0.1) is 0 Å². The summed E-state index contributed by atoms with van der Waals surface area (Å²) in [6.45, 7) is 2.79. The van der Waals surface area contributed by atoms with E-state index in [-0.39, 0.29) is 5.91 Å². The fourth-order valence-corrected chi connectivity index (χ4v) is 3.47. The van der Waals surface area contributed by atoms with Crippen LogP contribution in [0, 0.1) is 0 Å². The Morgan fingerprint density at radius 2 is 2.10 bits per heavy atom. The summed E-state index contributed by atoms with van der Waals surface area (Å²) in [5, 5.41) is 0.990. The zero-order valence-electron chi connectivity index (χ0n) is 11.1. The molecule has 0 saturated carbocycles. The Morgan fingerprint density at radius 1 is 1.35 bits per heavy atom. The summed E-state index contributed by atoms with van der Waals surface area (Å²) in [6.07, 6.45) is 0. The monoisotopic (exact) mass is 291 g/mol. The molecule has 1 aliphatic rings. The molecule has 106 valence electrons. The normalized spacial score (nSPS) is 16.4. The summed E-state index contributed by atoms with van der Waals surface area (Å²) >= 11 is 1.97. The van der Waals surface area contributed by atoms with Gasteiger partial charge in [-0.05, 0) is 6.07 Å². The van der Waals surface area contributed by atoms with E-state index < -0.39 is 0 Å². The van der Waals surface area contributed by atoms with Gasteiger partial charge in [-0.25, -0.2) is 5.84 Å². The van der Waals surface area contributed by atoms with E-state index in [2.05, 4.69) is 10.3 Å². The third kappa shape index (κ3) is 2.54. The zero-order valence-corrected chi connectivity index (χ0v) is 11.9. The Bertz CT molecular complexity index is 620. The lowest BCUT2D eigenvalue weighted by Gasteiger charge is -2.25. The molecule has 0 spiro atoms. The van der Waals surface area contributed by atoms with Crippen molar-refractivity contribution >= 4 is 28.6 Å². The number of para-hydroxylation sites is 1. The Balaban J connectivity index is 1.99. The second kappa shape index (κ2) is 5.87. The number of nitrogens with zero attached hydrogens (tertiary/aromatic N) is 1. The van der Waals surface area contributed by atoms with Gasteiger partial charge in [0.15, 0.2) is 5.76 Å². The van der Waals surface area contributed by atoms with Crippen LogP contribution < -0.4 is 11.3 Å². The van der Waals surface area contributed by atoms with Crippen LogP contribution in [0.5, 0.6) is 0 Å². The maximum Gasteiger partial charge on any atom is 0.301 e. The minimum atomic E-state index is -0.373. The van der Waals surface area contributed by atoms with E-state index >= 15 is 0 Å². The Hall–Kier alpha value is -1.50. The van der Waals surface area contributed by atoms with Gasteiger partial charge in [-0.3, -0.25) is 15.1 Å². The van der Waals surface area contributed by atoms with Gasteiger partial charge < -0.3 is 4.42 Å². The summed E-state index contributed by atoms with van der Waals surface area (Å²) in [6, 6.07) is 7.72. The minimum Gasteiger partial charge on any atom is -0.451 e. The Morgan fingerprint density at radius 3 is 2.85 bits per heavy atom. The topological polar surface area (TPSA) is 71.5 Å². The molecule has 1 fully saturated rings. The lowest BCUT2D eigenvalue weighted by atomic mass is 10.1. The van der Waals surface area contributed by atoms with E-state index in [0.29, 0.717) is 5.76 Å². The van der Waals surface area contributed by atoms with E-state index in [9.17, 15) is 4.79 Å². The van der Waals surface area contributed by atoms with Crippen LogP contribution in [0.25, 0.3) is 11.0 Å². The number of hydrogen-bond acceptors (Lipinski definition) is 5. The minimum absolute atomic E-state index is 0.326. The van der Waals surface area contributed by atoms with Gasteiger partial charge in [0.25, 0.3) is 0 Å². The first-order valence-electron chi connectivity index (χ1n) is 6.61. The predicted octanol–water partition coefficient (Wildman–Crippen LogP) is 1.59. The number of fused-ring (bicyclic) bond motifs is 1. The molecule has 0 aliphatic carbocycles. The van der Waals surface area contributed by atoms with E-state index in [1.165, 1.54) is 0 Å². The Labute approximate surface area is 121 Å². The SMILES string of the molecule is NNC(=O)c1oc2ccccc2c1CN1CCSCC1. The van der Waals surface area contributed by atoms with E-state index in [0.717, 1.165) is 47.7 Å². The molecule has 2 aromatic rings. The van der Waals surface area contributed by atoms with Crippen molar-refractivity contribution in [3.05, 3.63) is 35.6 Å². The molecule has 0 radical (unpaired) electrons. The van der Waals surface area contributed by atoms with Crippen molar-refractivity contribution in [3.8, 4) is 0 Å². The molecule has 0 unspecified atom stereocenters. The van der Waals surface area contributed by atoms with E-state index in [1.54, 1.807) is 0 Å². The number of thioether (sulfide) groups is 1. The molecule has 1 saturated heterocycles. The molecule has 1 aliphatic heterocycles. The molecule has 0 atom stereocenters. The number of nitrogen functional groups attached to an aromatic ring is 1. The van der Waals surface area contributed by atoms with Crippen LogP contribution in [0.4, 0.5) is 0 Å². The molecule has 3 rings (SSSR count). The second-order valence-electron chi connectivity index (χ2n) is 4.77. The van der Waals surface area contributed by atoms with Crippen LogP contribution >= 0.6 is 11.8 Å². The Kier molecular flexibility index (Phi) is 3.95. The molecule has 2 heterocycles. The molecular formula is C14H17N3O2S. The average molecular weight is 291 g/mol. The lowest BCUT2D eigenvalue weighted by molar-refractivity contribution is 0.0925. The lowest BCUT2D eigenvalue weighted by Crippen LogP contribution is -2.34. The molecule has 5 nitrogen and oxygen atoms in total. The first kappa shape index (κ1) is 13.5. The van der Waals surface area contributed by atoms with Crippen LogP contribution in [0.3, 0.4) is 0 Å². The van der Waals surface area contributed by atoms with Gasteiger partial charge in [0, 0.05) is 42.1 Å². The van der Waals surface area contributed by atoms with Gasteiger partial charge in [0.2, 0.25) is 0 Å². The van der Waals surface area contributed by atoms with E-state index in [1.807, 2.05) is 36.0 Å². The van der Waals surface area contributed by atoms with Crippen molar-refractivity contribution in [2.45, 2.75) is 6.54 Å². The smallest absolute Gasteiger partial charge is 0.301 e. The number of carbonyl (C=O) groups is 1. The molecule has 1 amide bonds. The summed E-state index contributed by atoms with van der Waals surface area (Å²) in [5.41, 5.74) is 3.82. The van der Waals surface area contributed by atoms with Crippen molar-refractivity contribution in [1.29, 1.82) is 0 Å². The first-order valence-corrected chi connectivity index (χ1v) is 7.76. The van der Waals surface area contributed by atoms with Crippen molar-refractivity contribution in [3.63, 3.8) is 0 Å². The largest absolute Gasteiger partial charge is 0.451 e. The number of hydrogen-bond donors (Lipinski definition) is 2. The van der Waals surface area contributed by atoms with Crippen molar-refractivity contribution in [2.75, 3.05) is 24.6 Å². The number of carbonyl (C=O) groups excluding carboxylic acids is 1. The highest BCUT2D eigenvalue weighted by Crippen LogP contribution is 2.27. The molecule has 1 aromatic heterocycles. The van der Waals surface area contributed by atoms with Crippen LogP contribution in [-0.4, -0.2) is 35.4 Å². The third-order valence-electron chi connectivity index (χ3n) is 3.52. The molecule has 6 heteroatoms. The van der Waals surface area contributed by atoms with Crippen LogP contribution in [-0.2, 0) is 6.54 Å². The fraction of sp³-hybridized carbons (Fsp3) is 0.357. The summed E-state index contributed by atoms with van der Waals surface area (Å²) in [5.74, 6) is 7.47. The maximum absolute atomic E-state index is 11.9. The third-order valence-corrected chi connectivity index (χ3v) is 4.46. The molecular weight excluding hydrogens is 274 g/mol. The predicted molar refractivity (Wildman–Crippen MR) is 80.5 cm³/mol. The van der Waals surface area contributed by atoms with Crippen molar-refractivity contribution in [1.82, 2.24) is 10.3 Å². The zero-order chi connectivity index (χ0) is 13.9. The molecule has 3 N–H and O–H groups in total. The van der Waals surface area contributed by atoms with Crippen LogP contribution in [0.15, 0.2) is 28.7 Å². The number of nitrogens with one attached hydrogen (secondary N) is 1. The average Bonchev–Trinajstić information content (AvgIpc) is 2.86. The second-order valence-corrected chi connectivity index (χ2v) is 5.99. The van der Waals surface area contributed by atoms with Gasteiger partial charge in [-0.15, -0.1) is 0 Å². The first-order chi connectivity index (χ1) is 9.79. The van der Waals surface area contributed by atoms with E-state index in [4.69, 9.17) is 10.3 Å². The summed E-state index contributed by atoms with van der Waals surface area (Å²) in [4.78, 5) is 14.2. The molecule has 1 aromatic carbocycles. The summed E-state index contributed by atoms with van der Waals surface area (Å²) < 4.78 is 5.67. The van der Waals surface area contributed by atoms with Crippen LogP contribution in [0.1, 0.15) is 16.1 Å². The number of nitrogens with two attached hydrogens (primary N) is 1. The number of amides is 1. The van der Waals surface area contributed by atoms with Crippen molar-refractivity contribution in [2.24, 2.45) is 5.84 Å². The molecule has 20 heavy (non-hydrogen) atoms. The van der Waals surface area contributed by atoms with Gasteiger partial charge in [-0.2, -0.15) is 11.8 Å². The number of rotatable bonds is 3. The highest BCUT2D eigenvalue weighted by atomic mass is 32.2. The number of hydrazine groups is 1. The van der Waals surface area contributed by atoms with Crippen LogP contribution in [0.2, 0.25) is 0 Å². The standard InChI is InChI=1S/C14H17N3O2S/c15-16-14(18)13-11(9-17-5-7-20-8-6-17)10-3-1-2-4-12(10)19-13/h1-4H,5-9,15H2,(H,16,18). The quantitative estimate of drug-likeness (QED) is 0.510. The summed E-state index contributed by atoms with van der Waals surface area (Å²) in [7, 11) is 0. The number of benzene rings is 1. The number of furan rings is 1. The van der Waals surface area contributed by atoms with Gasteiger partial charge in [-0.1, -0.05) is 18.2 Å². The highest BCUT2D eigenvalue weighted by Gasteiger charge is 2.22.